The normalized spacial score (nSPS) is 19.4. The number of likely N-dealkylation sites (N-methyl/N-ethyl adjacent to an activating group) is 1. The van der Waals surface area contributed by atoms with Crippen LogP contribution in [-0.2, 0) is 9.84 Å². The quantitative estimate of drug-likeness (QED) is 0.833. The second kappa shape index (κ2) is 8.49. The highest BCUT2D eigenvalue weighted by atomic mass is 32.2. The number of urea groups is 1. The minimum absolute atomic E-state index is 0.0509. The van der Waals surface area contributed by atoms with Gasteiger partial charge in [-0.3, -0.25) is 0 Å². The maximum absolute atomic E-state index is 12.6. The number of hydrogen-bond acceptors (Lipinski definition) is 4. The average molecular weight is 365 g/mol. The largest absolute Gasteiger partial charge is 0.321 e. The molecule has 1 saturated heterocycles. The Morgan fingerprint density at radius 3 is 2.60 bits per heavy atom. The van der Waals surface area contributed by atoms with E-state index < -0.39 is 9.84 Å². The molecule has 1 heterocycles. The van der Waals surface area contributed by atoms with Crippen LogP contribution in [0.2, 0.25) is 0 Å². The number of rotatable bonds is 6. The van der Waals surface area contributed by atoms with Crippen molar-refractivity contribution in [2.75, 3.05) is 38.7 Å². The zero-order valence-electron chi connectivity index (χ0n) is 15.1. The van der Waals surface area contributed by atoms with Crippen LogP contribution in [0.15, 0.2) is 30.5 Å². The lowest BCUT2D eigenvalue weighted by Gasteiger charge is -2.29. The van der Waals surface area contributed by atoms with Crippen LogP contribution in [0.5, 0.6) is 0 Å². The first-order valence-electron chi connectivity index (χ1n) is 8.43. The molecule has 1 aromatic rings. The predicted molar refractivity (Wildman–Crippen MR) is 101 cm³/mol. The molecule has 0 saturated carbocycles. The molecule has 7 heteroatoms. The molecule has 0 bridgehead atoms. The minimum atomic E-state index is -3.03. The van der Waals surface area contributed by atoms with Crippen LogP contribution in [0.1, 0.15) is 17.5 Å². The third-order valence-electron chi connectivity index (χ3n) is 4.36. The predicted octanol–water partition coefficient (Wildman–Crippen LogP) is 1.73. The summed E-state index contributed by atoms with van der Waals surface area (Å²) < 4.78 is 23.5. The molecular formula is C18H27N3O3S. The van der Waals surface area contributed by atoms with Crippen molar-refractivity contribution < 1.29 is 13.2 Å². The molecule has 0 aliphatic carbocycles. The lowest BCUT2D eigenvalue weighted by molar-refractivity contribution is 0.176. The fraction of sp³-hybridized carbons (Fsp3) is 0.500. The lowest BCUT2D eigenvalue weighted by Crippen LogP contribution is -2.48. The summed E-state index contributed by atoms with van der Waals surface area (Å²) in [6.45, 7) is 3.19. The van der Waals surface area contributed by atoms with Crippen LogP contribution in [0.4, 0.5) is 4.79 Å². The van der Waals surface area contributed by atoms with Crippen LogP contribution in [0.3, 0.4) is 0 Å². The van der Waals surface area contributed by atoms with Gasteiger partial charge in [-0.05, 0) is 44.6 Å². The van der Waals surface area contributed by atoms with E-state index in [2.05, 4.69) is 5.32 Å². The van der Waals surface area contributed by atoms with Crippen LogP contribution < -0.4 is 5.32 Å². The van der Waals surface area contributed by atoms with Crippen LogP contribution in [0, 0.1) is 6.92 Å². The van der Waals surface area contributed by atoms with Crippen molar-refractivity contribution in [2.24, 2.45) is 0 Å². The maximum Gasteiger partial charge on any atom is 0.321 e. The second-order valence-electron chi connectivity index (χ2n) is 6.69. The van der Waals surface area contributed by atoms with E-state index in [1.54, 1.807) is 11.1 Å². The van der Waals surface area contributed by atoms with Crippen molar-refractivity contribution in [1.29, 1.82) is 0 Å². The third-order valence-corrected chi connectivity index (χ3v) is 6.11. The molecule has 0 spiro atoms. The molecule has 1 aliphatic rings. The van der Waals surface area contributed by atoms with Gasteiger partial charge in [-0.15, -0.1) is 0 Å². The monoisotopic (exact) mass is 365 g/mol. The van der Waals surface area contributed by atoms with Crippen LogP contribution >= 0.6 is 0 Å². The van der Waals surface area contributed by atoms with Gasteiger partial charge in [0.15, 0.2) is 9.84 Å². The molecule has 25 heavy (non-hydrogen) atoms. The molecule has 1 unspecified atom stereocenters. The van der Waals surface area contributed by atoms with Gasteiger partial charge in [0.2, 0.25) is 0 Å². The van der Waals surface area contributed by atoms with E-state index in [1.807, 2.05) is 56.3 Å². The summed E-state index contributed by atoms with van der Waals surface area (Å²) >= 11 is 0. The number of hydrogen-bond donors (Lipinski definition) is 1. The summed E-state index contributed by atoms with van der Waals surface area (Å²) in [5, 5.41) is 2.78. The van der Waals surface area contributed by atoms with Gasteiger partial charge in [-0.1, -0.05) is 24.3 Å². The first kappa shape index (κ1) is 19.5. The summed E-state index contributed by atoms with van der Waals surface area (Å²) in [6.07, 6.45) is 3.98. The molecule has 0 radical (unpaired) electrons. The first-order valence-corrected chi connectivity index (χ1v) is 10.2. The van der Waals surface area contributed by atoms with Crippen molar-refractivity contribution in [3.63, 3.8) is 0 Å². The Hall–Kier alpha value is -1.86. The Balaban J connectivity index is 2.03. The molecule has 6 nitrogen and oxygen atoms in total. The van der Waals surface area contributed by atoms with E-state index in [1.165, 1.54) is 0 Å². The van der Waals surface area contributed by atoms with Crippen molar-refractivity contribution in [1.82, 2.24) is 15.1 Å². The zero-order chi connectivity index (χ0) is 18.4. The number of nitrogens with one attached hydrogen (secondary N) is 1. The van der Waals surface area contributed by atoms with Crippen molar-refractivity contribution in [2.45, 2.75) is 19.4 Å². The average Bonchev–Trinajstić information content (AvgIpc) is 2.89. The molecule has 1 fully saturated rings. The summed E-state index contributed by atoms with van der Waals surface area (Å²) in [5.74, 6) is 0.206. The number of carbonyl (C=O) groups excluding carboxylic acids is 1. The van der Waals surface area contributed by atoms with E-state index in [0.29, 0.717) is 19.5 Å². The Bertz CT molecular complexity index is 729. The molecule has 1 N–H and O–H groups in total. The molecule has 2 amide bonds. The number of amides is 2. The fourth-order valence-corrected chi connectivity index (χ4v) is 4.57. The summed E-state index contributed by atoms with van der Waals surface area (Å²) in [6, 6.07) is 7.39. The SMILES string of the molecule is Cc1ccccc1/C=C/NC(=O)N(CCN(C)C)C1CCS(=O)(=O)C1. The topological polar surface area (TPSA) is 69.7 Å². The first-order chi connectivity index (χ1) is 11.8. The zero-order valence-corrected chi connectivity index (χ0v) is 15.9. The van der Waals surface area contributed by atoms with Crippen molar-refractivity contribution in [3.8, 4) is 0 Å². The van der Waals surface area contributed by atoms with Gasteiger partial charge in [-0.25, -0.2) is 13.2 Å². The van der Waals surface area contributed by atoms with E-state index in [9.17, 15) is 13.2 Å². The molecule has 2 rings (SSSR count). The maximum atomic E-state index is 12.6. The van der Waals surface area contributed by atoms with E-state index in [4.69, 9.17) is 0 Å². The Morgan fingerprint density at radius 1 is 1.28 bits per heavy atom. The lowest BCUT2D eigenvalue weighted by atomic mass is 10.1. The molecule has 1 atom stereocenters. The Morgan fingerprint density at radius 2 is 2.00 bits per heavy atom. The van der Waals surface area contributed by atoms with Crippen molar-refractivity contribution in [3.05, 3.63) is 41.6 Å². The van der Waals surface area contributed by atoms with Gasteiger partial charge in [0.25, 0.3) is 0 Å². The molecule has 1 aliphatic heterocycles. The Kier molecular flexibility index (Phi) is 6.61. The van der Waals surface area contributed by atoms with E-state index in [0.717, 1.165) is 11.1 Å². The smallest absolute Gasteiger partial charge is 0.319 e. The standard InChI is InChI=1S/C18H27N3O3S/c1-15-6-4-5-7-16(15)8-10-19-18(22)21(12-11-20(2)3)17-9-13-25(23,24)14-17/h4-8,10,17H,9,11-14H2,1-3H3,(H,19,22)/b10-8+. The highest BCUT2D eigenvalue weighted by molar-refractivity contribution is 7.91. The van der Waals surface area contributed by atoms with Gasteiger partial charge < -0.3 is 15.1 Å². The van der Waals surface area contributed by atoms with E-state index >= 15 is 0 Å². The summed E-state index contributed by atoms with van der Waals surface area (Å²) in [4.78, 5) is 16.2. The fourth-order valence-electron chi connectivity index (χ4n) is 2.84. The number of nitrogens with zero attached hydrogens (tertiary/aromatic N) is 2. The summed E-state index contributed by atoms with van der Waals surface area (Å²) in [7, 11) is 0.825. The minimum Gasteiger partial charge on any atom is -0.319 e. The Labute approximate surface area is 150 Å². The van der Waals surface area contributed by atoms with Crippen LogP contribution in [-0.4, -0.2) is 69.0 Å². The van der Waals surface area contributed by atoms with Gasteiger partial charge in [-0.2, -0.15) is 0 Å². The molecule has 1 aromatic carbocycles. The molecule has 138 valence electrons. The number of aryl methyl sites for hydroxylation is 1. The van der Waals surface area contributed by atoms with Crippen LogP contribution in [0.25, 0.3) is 6.08 Å². The van der Waals surface area contributed by atoms with Gasteiger partial charge in [0.1, 0.15) is 0 Å². The van der Waals surface area contributed by atoms with E-state index in [-0.39, 0.29) is 23.6 Å². The number of carbonyl (C=O) groups is 1. The van der Waals surface area contributed by atoms with Gasteiger partial charge >= 0.3 is 6.03 Å². The van der Waals surface area contributed by atoms with Gasteiger partial charge in [0.05, 0.1) is 11.5 Å². The number of sulfone groups is 1. The summed E-state index contributed by atoms with van der Waals surface area (Å²) in [5.41, 5.74) is 2.16. The van der Waals surface area contributed by atoms with Crippen molar-refractivity contribution >= 4 is 21.9 Å². The molecular weight excluding hydrogens is 338 g/mol. The molecule has 0 aromatic heterocycles. The highest BCUT2D eigenvalue weighted by Gasteiger charge is 2.34. The number of benzene rings is 1. The van der Waals surface area contributed by atoms with Gasteiger partial charge in [0, 0.05) is 25.3 Å². The second-order valence-corrected chi connectivity index (χ2v) is 8.92. The third kappa shape index (κ3) is 5.86. The highest BCUT2D eigenvalue weighted by Crippen LogP contribution is 2.18.